The van der Waals surface area contributed by atoms with Crippen LogP contribution in [0.15, 0.2) is 22.1 Å². The van der Waals surface area contributed by atoms with Crippen molar-refractivity contribution in [2.24, 2.45) is 7.05 Å². The second-order valence-corrected chi connectivity index (χ2v) is 7.45. The molecule has 0 unspecified atom stereocenters. The topological polar surface area (TPSA) is 91.7 Å². The Bertz CT molecular complexity index is 948. The molecule has 28 heavy (non-hydrogen) atoms. The quantitative estimate of drug-likeness (QED) is 0.583. The Labute approximate surface area is 167 Å². The number of fused-ring (bicyclic) bond motifs is 1. The van der Waals surface area contributed by atoms with E-state index >= 15 is 0 Å². The number of carbonyl (C=O) groups excluding carboxylic acids is 1. The van der Waals surface area contributed by atoms with Crippen LogP contribution in [0.25, 0.3) is 0 Å². The highest BCUT2D eigenvalue weighted by molar-refractivity contribution is 7.99. The molecule has 0 radical (unpaired) electrons. The minimum atomic E-state index is -0.468. The Morgan fingerprint density at radius 3 is 2.36 bits per heavy atom. The number of carbonyl (C=O) groups is 1. The molecule has 1 aromatic carbocycles. The third kappa shape index (κ3) is 3.42. The van der Waals surface area contributed by atoms with E-state index < -0.39 is 5.92 Å². The first-order chi connectivity index (χ1) is 13.4. The summed E-state index contributed by atoms with van der Waals surface area (Å²) in [6, 6.07) is 3.53. The van der Waals surface area contributed by atoms with E-state index in [-0.39, 0.29) is 17.9 Å². The monoisotopic (exact) mass is 405 g/mol. The van der Waals surface area contributed by atoms with Gasteiger partial charge in [-0.15, -0.1) is 0 Å². The van der Waals surface area contributed by atoms with E-state index in [1.165, 1.54) is 33.1 Å². The maximum Gasteiger partial charge on any atom is 0.279 e. The molecule has 0 saturated heterocycles. The lowest BCUT2D eigenvalue weighted by Crippen LogP contribution is -2.33. The number of nitrogens with one attached hydrogen (secondary N) is 1. The van der Waals surface area contributed by atoms with Crippen LogP contribution in [-0.2, 0) is 11.8 Å². The normalized spacial score (nSPS) is 15.6. The number of benzene rings is 1. The predicted molar refractivity (Wildman–Crippen MR) is 107 cm³/mol. The van der Waals surface area contributed by atoms with E-state index in [1.54, 1.807) is 23.7 Å². The van der Waals surface area contributed by atoms with Crippen molar-refractivity contribution in [3.63, 3.8) is 0 Å². The average Bonchev–Trinajstić information content (AvgIpc) is 2.69. The van der Waals surface area contributed by atoms with Gasteiger partial charge in [-0.1, -0.05) is 18.7 Å². The van der Waals surface area contributed by atoms with Gasteiger partial charge in [0.05, 0.1) is 26.9 Å². The summed E-state index contributed by atoms with van der Waals surface area (Å²) in [5.74, 6) is 1.99. The second-order valence-electron chi connectivity index (χ2n) is 6.22. The molecule has 1 amide bonds. The summed E-state index contributed by atoms with van der Waals surface area (Å²) in [5.41, 5.74) is 0.833. The zero-order valence-electron chi connectivity index (χ0n) is 16.5. The van der Waals surface area contributed by atoms with Crippen LogP contribution in [0.3, 0.4) is 0 Å². The van der Waals surface area contributed by atoms with Crippen LogP contribution in [0.5, 0.6) is 17.2 Å². The number of thioether (sulfide) groups is 1. The summed E-state index contributed by atoms with van der Waals surface area (Å²) in [6.45, 7) is 1.98. The maximum absolute atomic E-state index is 12.9. The molecule has 0 saturated carbocycles. The van der Waals surface area contributed by atoms with Crippen LogP contribution in [0.2, 0.25) is 0 Å². The van der Waals surface area contributed by atoms with Crippen LogP contribution >= 0.6 is 11.8 Å². The Balaban J connectivity index is 2.22. The first kappa shape index (κ1) is 20.1. The van der Waals surface area contributed by atoms with Gasteiger partial charge in [0.15, 0.2) is 16.7 Å². The molecule has 0 fully saturated rings. The fraction of sp³-hybridized carbons (Fsp3) is 0.421. The number of methoxy groups -OCH3 is 3. The van der Waals surface area contributed by atoms with Gasteiger partial charge in [0.1, 0.15) is 5.82 Å². The lowest BCUT2D eigenvalue weighted by molar-refractivity contribution is -0.116. The molecule has 3 rings (SSSR count). The molecule has 1 aliphatic heterocycles. The summed E-state index contributed by atoms with van der Waals surface area (Å²) >= 11 is 1.45. The molecule has 1 atom stereocenters. The summed E-state index contributed by atoms with van der Waals surface area (Å²) in [5, 5.41) is 3.40. The summed E-state index contributed by atoms with van der Waals surface area (Å²) in [7, 11) is 6.37. The fourth-order valence-electron chi connectivity index (χ4n) is 3.38. The molecule has 1 N–H and O–H groups in total. The van der Waals surface area contributed by atoms with Gasteiger partial charge in [0.2, 0.25) is 11.7 Å². The van der Waals surface area contributed by atoms with E-state index in [0.29, 0.717) is 33.8 Å². The lowest BCUT2D eigenvalue weighted by Gasteiger charge is -2.28. The third-order valence-electron chi connectivity index (χ3n) is 4.66. The van der Waals surface area contributed by atoms with Gasteiger partial charge in [0, 0.05) is 19.4 Å². The van der Waals surface area contributed by atoms with Crippen molar-refractivity contribution in [3.05, 3.63) is 33.6 Å². The van der Waals surface area contributed by atoms with E-state index in [1.807, 2.05) is 6.92 Å². The molecule has 1 aliphatic rings. The Morgan fingerprint density at radius 2 is 1.82 bits per heavy atom. The number of rotatable bonds is 6. The standard InChI is InChI=1S/C19H23N3O5S/c1-6-28-19-21-18(24)15-11(9-14(23)20-17(15)22(19)2)10-7-12(25-3)16(27-5)13(8-10)26-4/h7-8,11H,6,9H2,1-5H3,(H,20,23)/t11-/m1/s1. The minimum absolute atomic E-state index is 0.128. The fourth-order valence-corrected chi connectivity index (χ4v) is 4.07. The predicted octanol–water partition coefficient (Wildman–Crippen LogP) is 2.39. The SMILES string of the molecule is CCSc1nc(=O)c2c(n1C)NC(=O)C[C@@H]2c1cc(OC)c(OC)c(OC)c1. The highest BCUT2D eigenvalue weighted by atomic mass is 32.2. The van der Waals surface area contributed by atoms with Crippen molar-refractivity contribution in [1.82, 2.24) is 9.55 Å². The molecule has 0 spiro atoms. The molecule has 0 bridgehead atoms. The van der Waals surface area contributed by atoms with Gasteiger partial charge in [-0.05, 0) is 23.4 Å². The second kappa shape index (κ2) is 8.14. The first-order valence-electron chi connectivity index (χ1n) is 8.78. The molecular formula is C19H23N3O5S. The zero-order chi connectivity index (χ0) is 20.4. The number of hydrogen-bond acceptors (Lipinski definition) is 7. The molecule has 0 aliphatic carbocycles. The Kier molecular flexibility index (Phi) is 5.83. The zero-order valence-corrected chi connectivity index (χ0v) is 17.3. The molecule has 8 nitrogen and oxygen atoms in total. The number of nitrogens with zero attached hydrogens (tertiary/aromatic N) is 2. The van der Waals surface area contributed by atoms with Crippen molar-refractivity contribution in [1.29, 1.82) is 0 Å². The van der Waals surface area contributed by atoms with E-state index in [0.717, 1.165) is 11.3 Å². The van der Waals surface area contributed by atoms with Crippen molar-refractivity contribution in [3.8, 4) is 17.2 Å². The highest BCUT2D eigenvalue weighted by Crippen LogP contribution is 2.43. The number of ether oxygens (including phenoxy) is 3. The summed E-state index contributed by atoms with van der Waals surface area (Å²) < 4.78 is 18.0. The van der Waals surface area contributed by atoms with Crippen LogP contribution in [-0.4, -0.2) is 42.5 Å². The molecule has 2 aromatic rings. The molecule has 9 heteroatoms. The molecule has 1 aromatic heterocycles. The van der Waals surface area contributed by atoms with Crippen LogP contribution in [0.1, 0.15) is 30.4 Å². The Morgan fingerprint density at radius 1 is 1.18 bits per heavy atom. The minimum Gasteiger partial charge on any atom is -0.493 e. The maximum atomic E-state index is 12.9. The molecular weight excluding hydrogens is 382 g/mol. The van der Waals surface area contributed by atoms with E-state index in [4.69, 9.17) is 14.2 Å². The third-order valence-corrected chi connectivity index (χ3v) is 5.58. The van der Waals surface area contributed by atoms with Crippen molar-refractivity contribution in [2.45, 2.75) is 24.4 Å². The number of anilines is 1. The highest BCUT2D eigenvalue weighted by Gasteiger charge is 2.33. The summed E-state index contributed by atoms with van der Waals surface area (Å²) in [6.07, 6.45) is 0.128. The van der Waals surface area contributed by atoms with Crippen LogP contribution < -0.4 is 25.1 Å². The number of amides is 1. The van der Waals surface area contributed by atoms with Gasteiger partial charge in [-0.2, -0.15) is 4.98 Å². The summed E-state index contributed by atoms with van der Waals surface area (Å²) in [4.78, 5) is 29.5. The largest absolute Gasteiger partial charge is 0.493 e. The van der Waals surface area contributed by atoms with Crippen molar-refractivity contribution >= 4 is 23.5 Å². The van der Waals surface area contributed by atoms with Crippen LogP contribution in [0.4, 0.5) is 5.82 Å². The van der Waals surface area contributed by atoms with Gasteiger partial charge in [-0.3, -0.25) is 9.59 Å². The van der Waals surface area contributed by atoms with E-state index in [2.05, 4.69) is 10.3 Å². The van der Waals surface area contributed by atoms with Crippen molar-refractivity contribution < 1.29 is 19.0 Å². The molecule has 150 valence electrons. The van der Waals surface area contributed by atoms with Gasteiger partial charge in [0.25, 0.3) is 5.56 Å². The average molecular weight is 405 g/mol. The molecule has 2 heterocycles. The first-order valence-corrected chi connectivity index (χ1v) is 9.77. The van der Waals surface area contributed by atoms with Crippen molar-refractivity contribution in [2.75, 3.05) is 32.4 Å². The Hall–Kier alpha value is -2.68. The van der Waals surface area contributed by atoms with Crippen LogP contribution in [0, 0.1) is 0 Å². The lowest BCUT2D eigenvalue weighted by atomic mass is 9.86. The van der Waals surface area contributed by atoms with E-state index in [9.17, 15) is 9.59 Å². The smallest absolute Gasteiger partial charge is 0.279 e. The number of aromatic nitrogens is 2. The van der Waals surface area contributed by atoms with Gasteiger partial charge < -0.3 is 24.1 Å². The number of hydrogen-bond donors (Lipinski definition) is 1. The van der Waals surface area contributed by atoms with Gasteiger partial charge >= 0.3 is 0 Å². The van der Waals surface area contributed by atoms with Gasteiger partial charge in [-0.25, -0.2) is 0 Å².